The Balaban J connectivity index is 1.41. The van der Waals surface area contributed by atoms with Crippen molar-refractivity contribution in [2.24, 2.45) is 0 Å². The average molecular weight is 342 g/mol. The van der Waals surface area contributed by atoms with E-state index in [4.69, 9.17) is 9.47 Å². The second-order valence-electron chi connectivity index (χ2n) is 5.86. The molecule has 1 aromatic heterocycles. The van der Waals surface area contributed by atoms with Crippen LogP contribution in [0.4, 0.5) is 4.79 Å². The van der Waals surface area contributed by atoms with Crippen LogP contribution in [0.2, 0.25) is 0 Å². The molecule has 0 radical (unpaired) electrons. The highest BCUT2D eigenvalue weighted by atomic mass is 16.5. The zero-order valence-electron chi connectivity index (χ0n) is 14.2. The van der Waals surface area contributed by atoms with Crippen molar-refractivity contribution in [3.05, 3.63) is 48.0 Å². The van der Waals surface area contributed by atoms with E-state index < -0.39 is 0 Å². The molecule has 0 spiro atoms. The lowest BCUT2D eigenvalue weighted by Gasteiger charge is -2.17. The monoisotopic (exact) mass is 342 g/mol. The zero-order chi connectivity index (χ0) is 17.5. The fraction of sp³-hybridized carbons (Fsp3) is 0.389. The normalized spacial score (nSPS) is 16.5. The summed E-state index contributed by atoms with van der Waals surface area (Å²) < 4.78 is 10.7. The SMILES string of the molecule is COc1ccc(OC2CCN(C(=O)NCCc3ccccc3)C2)nn1. The summed E-state index contributed by atoms with van der Waals surface area (Å²) in [4.78, 5) is 14.0. The van der Waals surface area contributed by atoms with Crippen molar-refractivity contribution < 1.29 is 14.3 Å². The van der Waals surface area contributed by atoms with Crippen molar-refractivity contribution in [1.82, 2.24) is 20.4 Å². The third kappa shape index (κ3) is 4.82. The van der Waals surface area contributed by atoms with Gasteiger partial charge in [-0.05, 0) is 12.0 Å². The van der Waals surface area contributed by atoms with Gasteiger partial charge in [-0.15, -0.1) is 10.2 Å². The molecule has 1 aromatic carbocycles. The summed E-state index contributed by atoms with van der Waals surface area (Å²) in [6, 6.07) is 13.5. The fourth-order valence-electron chi connectivity index (χ4n) is 2.73. The maximum atomic E-state index is 12.2. The lowest BCUT2D eigenvalue weighted by Crippen LogP contribution is -2.40. The molecule has 7 nitrogen and oxygen atoms in total. The average Bonchev–Trinajstić information content (AvgIpc) is 3.12. The number of nitrogens with zero attached hydrogens (tertiary/aromatic N) is 3. The molecule has 1 unspecified atom stereocenters. The maximum Gasteiger partial charge on any atom is 0.317 e. The lowest BCUT2D eigenvalue weighted by molar-refractivity contribution is 0.182. The molecule has 2 amide bonds. The van der Waals surface area contributed by atoms with Crippen LogP contribution in [0.1, 0.15) is 12.0 Å². The highest BCUT2D eigenvalue weighted by Crippen LogP contribution is 2.17. The van der Waals surface area contributed by atoms with E-state index in [0.717, 1.165) is 12.8 Å². The van der Waals surface area contributed by atoms with Crippen LogP contribution in [0, 0.1) is 0 Å². The third-order valence-corrected chi connectivity index (χ3v) is 4.08. The summed E-state index contributed by atoms with van der Waals surface area (Å²) in [5.74, 6) is 0.885. The minimum absolute atomic E-state index is 0.0529. The van der Waals surface area contributed by atoms with Crippen LogP contribution in [0.5, 0.6) is 11.8 Å². The number of aromatic nitrogens is 2. The predicted molar refractivity (Wildman–Crippen MR) is 92.7 cm³/mol. The Hall–Kier alpha value is -2.83. The molecule has 0 bridgehead atoms. The van der Waals surface area contributed by atoms with Crippen LogP contribution in [0.3, 0.4) is 0 Å². The number of benzene rings is 1. The van der Waals surface area contributed by atoms with Crippen LogP contribution in [0.15, 0.2) is 42.5 Å². The predicted octanol–water partition coefficient (Wildman–Crippen LogP) is 1.89. The van der Waals surface area contributed by atoms with Gasteiger partial charge in [0.15, 0.2) is 0 Å². The molecule has 3 rings (SSSR count). The first kappa shape index (κ1) is 17.0. The van der Waals surface area contributed by atoms with Gasteiger partial charge in [0.1, 0.15) is 6.10 Å². The number of rotatable bonds is 6. The number of nitrogens with one attached hydrogen (secondary N) is 1. The molecule has 2 heterocycles. The molecule has 1 aliphatic heterocycles. The summed E-state index contributed by atoms with van der Waals surface area (Å²) in [7, 11) is 1.54. The summed E-state index contributed by atoms with van der Waals surface area (Å²) in [5.41, 5.74) is 1.21. The quantitative estimate of drug-likeness (QED) is 0.867. The summed E-state index contributed by atoms with van der Waals surface area (Å²) >= 11 is 0. The number of ether oxygens (including phenoxy) is 2. The molecular weight excluding hydrogens is 320 g/mol. The van der Waals surface area contributed by atoms with Crippen molar-refractivity contribution in [3.8, 4) is 11.8 Å². The van der Waals surface area contributed by atoms with E-state index in [2.05, 4.69) is 27.6 Å². The van der Waals surface area contributed by atoms with Gasteiger partial charge >= 0.3 is 6.03 Å². The van der Waals surface area contributed by atoms with E-state index in [1.54, 1.807) is 17.0 Å². The molecule has 1 fully saturated rings. The number of hydrogen-bond acceptors (Lipinski definition) is 5. The largest absolute Gasteiger partial charge is 0.480 e. The number of likely N-dealkylation sites (tertiary alicyclic amines) is 1. The molecule has 25 heavy (non-hydrogen) atoms. The van der Waals surface area contributed by atoms with Gasteiger partial charge in [-0.1, -0.05) is 30.3 Å². The molecule has 0 saturated carbocycles. The van der Waals surface area contributed by atoms with Gasteiger partial charge in [0, 0.05) is 31.6 Å². The lowest BCUT2D eigenvalue weighted by atomic mass is 10.1. The Labute approximate surface area is 147 Å². The van der Waals surface area contributed by atoms with Gasteiger partial charge in [0.05, 0.1) is 13.7 Å². The van der Waals surface area contributed by atoms with Gasteiger partial charge < -0.3 is 19.7 Å². The van der Waals surface area contributed by atoms with E-state index in [-0.39, 0.29) is 12.1 Å². The number of urea groups is 1. The molecule has 132 valence electrons. The molecule has 2 aromatic rings. The number of hydrogen-bond donors (Lipinski definition) is 1. The Bertz CT molecular complexity index is 678. The Morgan fingerprint density at radius 2 is 1.96 bits per heavy atom. The molecule has 1 N–H and O–H groups in total. The first-order chi connectivity index (χ1) is 12.2. The van der Waals surface area contributed by atoms with Gasteiger partial charge in [0.25, 0.3) is 0 Å². The highest BCUT2D eigenvalue weighted by molar-refractivity contribution is 5.74. The molecular formula is C18H22N4O3. The van der Waals surface area contributed by atoms with Crippen molar-refractivity contribution in [3.63, 3.8) is 0 Å². The van der Waals surface area contributed by atoms with E-state index in [1.807, 2.05) is 18.2 Å². The number of carbonyl (C=O) groups is 1. The molecule has 7 heteroatoms. The van der Waals surface area contributed by atoms with Crippen LogP contribution >= 0.6 is 0 Å². The van der Waals surface area contributed by atoms with E-state index in [0.29, 0.717) is 31.4 Å². The van der Waals surface area contributed by atoms with E-state index in [9.17, 15) is 4.79 Å². The Morgan fingerprint density at radius 3 is 2.68 bits per heavy atom. The van der Waals surface area contributed by atoms with Crippen LogP contribution in [-0.2, 0) is 6.42 Å². The Morgan fingerprint density at radius 1 is 1.20 bits per heavy atom. The topological polar surface area (TPSA) is 76.6 Å². The fourth-order valence-corrected chi connectivity index (χ4v) is 2.73. The van der Waals surface area contributed by atoms with Gasteiger partial charge in [-0.3, -0.25) is 0 Å². The summed E-state index contributed by atoms with van der Waals surface area (Å²) in [6.07, 6.45) is 1.53. The number of amides is 2. The van der Waals surface area contributed by atoms with Gasteiger partial charge in [0.2, 0.25) is 11.8 Å². The first-order valence-corrected chi connectivity index (χ1v) is 8.35. The molecule has 1 aliphatic rings. The van der Waals surface area contributed by atoms with E-state index in [1.165, 1.54) is 12.7 Å². The van der Waals surface area contributed by atoms with Crippen LogP contribution in [-0.4, -0.2) is 54.0 Å². The molecule has 0 aliphatic carbocycles. The van der Waals surface area contributed by atoms with E-state index >= 15 is 0 Å². The van der Waals surface area contributed by atoms with Crippen LogP contribution < -0.4 is 14.8 Å². The van der Waals surface area contributed by atoms with Crippen molar-refractivity contribution in [2.75, 3.05) is 26.7 Å². The van der Waals surface area contributed by atoms with Crippen molar-refractivity contribution >= 4 is 6.03 Å². The number of carbonyl (C=O) groups excluding carboxylic acids is 1. The minimum Gasteiger partial charge on any atom is -0.480 e. The van der Waals surface area contributed by atoms with Gasteiger partial charge in [-0.2, -0.15) is 0 Å². The van der Waals surface area contributed by atoms with Gasteiger partial charge in [-0.25, -0.2) is 4.79 Å². The standard InChI is InChI=1S/C18H22N4O3/c1-24-16-7-8-17(21-20-16)25-15-10-12-22(13-15)18(23)19-11-9-14-5-3-2-4-6-14/h2-8,15H,9-13H2,1H3,(H,19,23). The Kier molecular flexibility index (Phi) is 5.66. The summed E-state index contributed by atoms with van der Waals surface area (Å²) in [5, 5.41) is 10.8. The number of methoxy groups -OCH3 is 1. The minimum atomic E-state index is -0.0671. The van der Waals surface area contributed by atoms with Crippen LogP contribution in [0.25, 0.3) is 0 Å². The first-order valence-electron chi connectivity index (χ1n) is 8.35. The molecule has 1 saturated heterocycles. The van der Waals surface area contributed by atoms with Crippen molar-refractivity contribution in [2.45, 2.75) is 18.9 Å². The second kappa shape index (κ2) is 8.32. The molecule has 1 atom stereocenters. The van der Waals surface area contributed by atoms with Crippen molar-refractivity contribution in [1.29, 1.82) is 0 Å². The highest BCUT2D eigenvalue weighted by Gasteiger charge is 2.27. The zero-order valence-corrected chi connectivity index (χ0v) is 14.2. The third-order valence-electron chi connectivity index (χ3n) is 4.08. The second-order valence-corrected chi connectivity index (χ2v) is 5.86. The maximum absolute atomic E-state index is 12.2. The smallest absolute Gasteiger partial charge is 0.317 e. The summed E-state index contributed by atoms with van der Waals surface area (Å²) in [6.45, 7) is 1.84.